The maximum atomic E-state index is 8.92. The normalized spacial score (nSPS) is 9.50. The Bertz CT molecular complexity index is 341. The lowest BCUT2D eigenvalue weighted by atomic mass is 10.0. The monoisotopic (exact) mass is 273 g/mol. The molecule has 0 unspecified atom stereocenters. The Morgan fingerprint density at radius 2 is 2.25 bits per heavy atom. The molecule has 2 nitrogen and oxygen atoms in total. The summed E-state index contributed by atoms with van der Waals surface area (Å²) in [6, 6.07) is 5.81. The number of benzene rings is 1. The Kier molecular flexibility index (Phi) is 3.06. The van der Waals surface area contributed by atoms with Gasteiger partial charge in [-0.05, 0) is 46.7 Å². The topological polar surface area (TPSA) is 44.0 Å². The van der Waals surface area contributed by atoms with Gasteiger partial charge >= 0.3 is 0 Å². The van der Waals surface area contributed by atoms with Crippen LogP contribution in [0.5, 0.6) is 0 Å². The molecule has 0 radical (unpaired) electrons. The van der Waals surface area contributed by atoms with Crippen molar-refractivity contribution in [3.63, 3.8) is 0 Å². The van der Waals surface area contributed by atoms with E-state index >= 15 is 0 Å². The summed E-state index contributed by atoms with van der Waals surface area (Å²) in [5.41, 5.74) is 2.38. The standard InChI is InChI=1S/C9H8INO/c1-6-7(5-12)2-3-9(10)8(6)4-11/h2-3,12H,5H2,1H3. The van der Waals surface area contributed by atoms with E-state index < -0.39 is 0 Å². The summed E-state index contributed by atoms with van der Waals surface area (Å²) in [7, 11) is 0. The first-order valence-corrected chi connectivity index (χ1v) is 4.57. The Balaban J connectivity index is 3.36. The molecule has 0 bridgehead atoms. The number of nitriles is 1. The van der Waals surface area contributed by atoms with Gasteiger partial charge in [-0.15, -0.1) is 0 Å². The van der Waals surface area contributed by atoms with E-state index in [0.29, 0.717) is 5.56 Å². The van der Waals surface area contributed by atoms with Gasteiger partial charge in [-0.3, -0.25) is 0 Å². The van der Waals surface area contributed by atoms with Crippen LogP contribution in [0.4, 0.5) is 0 Å². The molecule has 62 valence electrons. The zero-order chi connectivity index (χ0) is 9.14. The first-order chi connectivity index (χ1) is 5.70. The molecule has 1 rings (SSSR count). The molecule has 0 spiro atoms. The van der Waals surface area contributed by atoms with Crippen molar-refractivity contribution < 1.29 is 5.11 Å². The fourth-order valence-corrected chi connectivity index (χ4v) is 1.74. The summed E-state index contributed by atoms with van der Waals surface area (Å²) in [5, 5.41) is 17.7. The fourth-order valence-electron chi connectivity index (χ4n) is 1.03. The van der Waals surface area contributed by atoms with E-state index in [0.717, 1.165) is 14.7 Å². The summed E-state index contributed by atoms with van der Waals surface area (Å²) < 4.78 is 0.935. The second-order valence-corrected chi connectivity index (χ2v) is 3.64. The van der Waals surface area contributed by atoms with Crippen molar-refractivity contribution in [3.05, 3.63) is 32.4 Å². The number of hydrogen-bond donors (Lipinski definition) is 1. The molecule has 0 aliphatic heterocycles. The van der Waals surface area contributed by atoms with Crippen molar-refractivity contribution in [1.29, 1.82) is 5.26 Å². The van der Waals surface area contributed by atoms with Crippen LogP contribution in [-0.4, -0.2) is 5.11 Å². The smallest absolute Gasteiger partial charge is 0.101 e. The molecule has 0 aromatic heterocycles. The molecule has 12 heavy (non-hydrogen) atoms. The zero-order valence-electron chi connectivity index (χ0n) is 6.63. The quantitative estimate of drug-likeness (QED) is 0.795. The number of nitrogens with zero attached hydrogens (tertiary/aromatic N) is 1. The van der Waals surface area contributed by atoms with Crippen LogP contribution in [0, 0.1) is 21.8 Å². The van der Waals surface area contributed by atoms with Gasteiger partial charge in [-0.25, -0.2) is 0 Å². The van der Waals surface area contributed by atoms with Gasteiger partial charge in [-0.1, -0.05) is 6.07 Å². The van der Waals surface area contributed by atoms with Gasteiger partial charge in [0.25, 0.3) is 0 Å². The van der Waals surface area contributed by atoms with Crippen LogP contribution in [0.25, 0.3) is 0 Å². The van der Waals surface area contributed by atoms with E-state index in [1.165, 1.54) is 0 Å². The van der Waals surface area contributed by atoms with Crippen molar-refractivity contribution in [2.75, 3.05) is 0 Å². The van der Waals surface area contributed by atoms with Gasteiger partial charge in [-0.2, -0.15) is 5.26 Å². The minimum Gasteiger partial charge on any atom is -0.392 e. The number of halogens is 1. The molecular formula is C9H8INO. The van der Waals surface area contributed by atoms with E-state index in [1.54, 1.807) is 0 Å². The van der Waals surface area contributed by atoms with Crippen LogP contribution >= 0.6 is 22.6 Å². The lowest BCUT2D eigenvalue weighted by molar-refractivity contribution is 0.281. The lowest BCUT2D eigenvalue weighted by Crippen LogP contribution is -1.94. The molecule has 0 aliphatic rings. The van der Waals surface area contributed by atoms with E-state index in [1.807, 2.05) is 19.1 Å². The Morgan fingerprint density at radius 1 is 1.58 bits per heavy atom. The van der Waals surface area contributed by atoms with Crippen LogP contribution in [0.15, 0.2) is 12.1 Å². The highest BCUT2D eigenvalue weighted by Gasteiger charge is 2.06. The van der Waals surface area contributed by atoms with E-state index in [-0.39, 0.29) is 6.61 Å². The second kappa shape index (κ2) is 3.87. The van der Waals surface area contributed by atoms with E-state index in [9.17, 15) is 0 Å². The Labute approximate surface area is 85.0 Å². The van der Waals surface area contributed by atoms with Crippen LogP contribution in [0.2, 0.25) is 0 Å². The number of aliphatic hydroxyl groups excluding tert-OH is 1. The third-order valence-electron chi connectivity index (χ3n) is 1.81. The average Bonchev–Trinajstić information content (AvgIpc) is 2.06. The second-order valence-electron chi connectivity index (χ2n) is 2.48. The largest absolute Gasteiger partial charge is 0.392 e. The molecule has 0 fully saturated rings. The van der Waals surface area contributed by atoms with Gasteiger partial charge in [0.15, 0.2) is 0 Å². The number of aliphatic hydroxyl groups is 1. The third-order valence-corrected chi connectivity index (χ3v) is 2.71. The van der Waals surface area contributed by atoms with Gasteiger partial charge in [0.2, 0.25) is 0 Å². The highest BCUT2D eigenvalue weighted by Crippen LogP contribution is 2.19. The van der Waals surface area contributed by atoms with Crippen molar-refractivity contribution in [1.82, 2.24) is 0 Å². The molecule has 1 aromatic carbocycles. The maximum Gasteiger partial charge on any atom is 0.101 e. The molecule has 3 heteroatoms. The third kappa shape index (κ3) is 1.59. The molecule has 1 aromatic rings. The van der Waals surface area contributed by atoms with Crippen LogP contribution in [-0.2, 0) is 6.61 Å². The first-order valence-electron chi connectivity index (χ1n) is 3.49. The van der Waals surface area contributed by atoms with Crippen LogP contribution in [0.1, 0.15) is 16.7 Å². The predicted molar refractivity (Wildman–Crippen MR) is 54.5 cm³/mol. The molecule has 0 heterocycles. The van der Waals surface area contributed by atoms with Crippen molar-refractivity contribution >= 4 is 22.6 Å². The zero-order valence-corrected chi connectivity index (χ0v) is 8.79. The summed E-state index contributed by atoms with van der Waals surface area (Å²) in [6.07, 6.45) is 0. The molecule has 1 N–H and O–H groups in total. The SMILES string of the molecule is Cc1c(CO)ccc(I)c1C#N. The predicted octanol–water partition coefficient (Wildman–Crippen LogP) is 1.96. The lowest BCUT2D eigenvalue weighted by Gasteiger charge is -2.05. The summed E-state index contributed by atoms with van der Waals surface area (Å²) in [4.78, 5) is 0. The first kappa shape index (κ1) is 9.49. The molecule has 0 amide bonds. The van der Waals surface area contributed by atoms with Crippen molar-refractivity contribution in [2.45, 2.75) is 13.5 Å². The number of rotatable bonds is 1. The maximum absolute atomic E-state index is 8.92. The highest BCUT2D eigenvalue weighted by molar-refractivity contribution is 14.1. The molecular weight excluding hydrogens is 265 g/mol. The summed E-state index contributed by atoms with van der Waals surface area (Å²) in [5.74, 6) is 0. The van der Waals surface area contributed by atoms with Gasteiger partial charge in [0, 0.05) is 3.57 Å². The fraction of sp³-hybridized carbons (Fsp3) is 0.222. The molecule has 0 saturated carbocycles. The van der Waals surface area contributed by atoms with Gasteiger partial charge in [0.1, 0.15) is 6.07 Å². The van der Waals surface area contributed by atoms with Gasteiger partial charge in [0.05, 0.1) is 12.2 Å². The van der Waals surface area contributed by atoms with E-state index in [4.69, 9.17) is 10.4 Å². The summed E-state index contributed by atoms with van der Waals surface area (Å²) in [6.45, 7) is 1.85. The van der Waals surface area contributed by atoms with Crippen molar-refractivity contribution in [3.8, 4) is 6.07 Å². The average molecular weight is 273 g/mol. The molecule has 0 aliphatic carbocycles. The van der Waals surface area contributed by atoms with Crippen LogP contribution in [0.3, 0.4) is 0 Å². The molecule has 0 atom stereocenters. The molecule has 0 saturated heterocycles. The van der Waals surface area contributed by atoms with Gasteiger partial charge < -0.3 is 5.11 Å². The van der Waals surface area contributed by atoms with Crippen molar-refractivity contribution in [2.24, 2.45) is 0 Å². The van der Waals surface area contributed by atoms with Crippen LogP contribution < -0.4 is 0 Å². The Hall–Kier alpha value is -0.600. The minimum atomic E-state index is -0.00255. The summed E-state index contributed by atoms with van der Waals surface area (Å²) >= 11 is 2.11. The van der Waals surface area contributed by atoms with E-state index in [2.05, 4.69) is 28.7 Å². The Morgan fingerprint density at radius 3 is 2.75 bits per heavy atom. The number of hydrogen-bond acceptors (Lipinski definition) is 2. The highest BCUT2D eigenvalue weighted by atomic mass is 127. The minimum absolute atomic E-state index is 0.00255.